The van der Waals surface area contributed by atoms with E-state index in [1.807, 2.05) is 4.90 Å². The lowest BCUT2D eigenvalue weighted by Gasteiger charge is -2.36. The molecule has 1 unspecified atom stereocenters. The third-order valence-electron chi connectivity index (χ3n) is 3.35. The molecule has 1 aromatic rings. The summed E-state index contributed by atoms with van der Waals surface area (Å²) in [5.74, 6) is -0.853. The average molecular weight is 312 g/mol. The summed E-state index contributed by atoms with van der Waals surface area (Å²) >= 11 is 6.07. The zero-order chi connectivity index (χ0) is 15.4. The Hall–Kier alpha value is -1.79. The number of halogens is 1. The van der Waals surface area contributed by atoms with Gasteiger partial charge in [0.05, 0.1) is 17.2 Å². The van der Waals surface area contributed by atoms with Gasteiger partial charge in [-0.15, -0.1) is 0 Å². The van der Waals surface area contributed by atoms with Crippen LogP contribution in [0.1, 0.15) is 17.3 Å². The normalized spacial score (nSPS) is 18.4. The molecule has 1 atom stereocenters. The fourth-order valence-corrected chi connectivity index (χ4v) is 2.61. The lowest BCUT2D eigenvalue weighted by molar-refractivity contribution is -0.144. The van der Waals surface area contributed by atoms with Gasteiger partial charge in [0.15, 0.2) is 0 Å². The van der Waals surface area contributed by atoms with Gasteiger partial charge in [-0.05, 0) is 25.1 Å². The first-order valence-corrected chi connectivity index (χ1v) is 7.15. The van der Waals surface area contributed by atoms with E-state index in [1.165, 1.54) is 0 Å². The molecule has 6 nitrogen and oxygen atoms in total. The molecule has 114 valence electrons. The van der Waals surface area contributed by atoms with Crippen LogP contribution in [0.15, 0.2) is 18.2 Å². The number of nitrogens with one attached hydrogen (secondary N) is 1. The van der Waals surface area contributed by atoms with Crippen molar-refractivity contribution in [1.82, 2.24) is 5.32 Å². The quantitative estimate of drug-likeness (QED) is 0.803. The predicted molar refractivity (Wildman–Crippen MR) is 80.6 cm³/mol. The summed E-state index contributed by atoms with van der Waals surface area (Å²) in [5.41, 5.74) is 6.27. The largest absolute Gasteiger partial charge is 0.464 e. The molecular weight excluding hydrogens is 294 g/mol. The molecule has 0 aliphatic carbocycles. The van der Waals surface area contributed by atoms with Gasteiger partial charge in [0.2, 0.25) is 5.91 Å². The maximum atomic E-state index is 12.0. The van der Waals surface area contributed by atoms with Crippen LogP contribution < -0.4 is 16.0 Å². The van der Waals surface area contributed by atoms with Gasteiger partial charge >= 0.3 is 5.97 Å². The van der Waals surface area contributed by atoms with Crippen molar-refractivity contribution in [2.75, 3.05) is 31.1 Å². The van der Waals surface area contributed by atoms with Crippen LogP contribution in [-0.4, -0.2) is 44.2 Å². The molecule has 1 heterocycles. The van der Waals surface area contributed by atoms with Gasteiger partial charge in [-0.3, -0.25) is 4.79 Å². The Morgan fingerprint density at radius 1 is 1.52 bits per heavy atom. The fraction of sp³-hybridized carbons (Fsp3) is 0.429. The second-order valence-corrected chi connectivity index (χ2v) is 5.10. The number of hydrogen-bond acceptors (Lipinski definition) is 5. The van der Waals surface area contributed by atoms with E-state index in [9.17, 15) is 9.59 Å². The first-order chi connectivity index (χ1) is 10.0. The molecular formula is C14H18ClN3O3. The standard InChI is InChI=1S/C14H18ClN3O3/c1-2-21-14(20)12-8-17-5-6-18(12)9-3-4-10(13(16)19)11(15)7-9/h3-4,7,12,17H,2,5-6,8H2,1H3,(H2,16,19). The van der Waals surface area contributed by atoms with Gasteiger partial charge < -0.3 is 20.7 Å². The Kier molecular flexibility index (Phi) is 5.03. The van der Waals surface area contributed by atoms with Crippen LogP contribution in [-0.2, 0) is 9.53 Å². The number of hydrogen-bond donors (Lipinski definition) is 2. The van der Waals surface area contributed by atoms with Crippen molar-refractivity contribution in [2.45, 2.75) is 13.0 Å². The zero-order valence-corrected chi connectivity index (χ0v) is 12.5. The van der Waals surface area contributed by atoms with E-state index < -0.39 is 11.9 Å². The molecule has 2 rings (SSSR count). The number of ether oxygens (including phenoxy) is 1. The smallest absolute Gasteiger partial charge is 0.330 e. The molecule has 0 bridgehead atoms. The van der Waals surface area contributed by atoms with Gasteiger partial charge in [-0.25, -0.2) is 4.79 Å². The molecule has 1 fully saturated rings. The minimum atomic E-state index is -0.575. The van der Waals surface area contributed by atoms with E-state index in [0.29, 0.717) is 19.7 Å². The van der Waals surface area contributed by atoms with E-state index in [-0.39, 0.29) is 16.6 Å². The number of rotatable bonds is 4. The molecule has 1 amide bonds. The Balaban J connectivity index is 2.27. The zero-order valence-electron chi connectivity index (χ0n) is 11.8. The molecule has 0 aromatic heterocycles. The van der Waals surface area contributed by atoms with Crippen LogP contribution in [0.3, 0.4) is 0 Å². The minimum Gasteiger partial charge on any atom is -0.464 e. The molecule has 21 heavy (non-hydrogen) atoms. The predicted octanol–water partition coefficient (Wildman–Crippen LogP) is 0.780. The maximum Gasteiger partial charge on any atom is 0.330 e. The lowest BCUT2D eigenvalue weighted by Crippen LogP contribution is -2.55. The first-order valence-electron chi connectivity index (χ1n) is 6.78. The summed E-state index contributed by atoms with van der Waals surface area (Å²) < 4.78 is 5.10. The number of amides is 1. The highest BCUT2D eigenvalue weighted by molar-refractivity contribution is 6.34. The van der Waals surface area contributed by atoms with Gasteiger partial charge in [0, 0.05) is 25.3 Å². The molecule has 1 aliphatic rings. The van der Waals surface area contributed by atoms with Crippen molar-refractivity contribution in [3.05, 3.63) is 28.8 Å². The van der Waals surface area contributed by atoms with E-state index in [1.54, 1.807) is 25.1 Å². The summed E-state index contributed by atoms with van der Waals surface area (Å²) in [6.07, 6.45) is 0. The Bertz CT molecular complexity index is 550. The molecule has 0 spiro atoms. The Morgan fingerprint density at radius 3 is 2.90 bits per heavy atom. The molecule has 1 saturated heterocycles. The third kappa shape index (κ3) is 3.46. The molecule has 7 heteroatoms. The number of carbonyl (C=O) groups excluding carboxylic acids is 2. The van der Waals surface area contributed by atoms with E-state index in [0.717, 1.165) is 12.2 Å². The van der Waals surface area contributed by atoms with Crippen LogP contribution in [0.5, 0.6) is 0 Å². The topological polar surface area (TPSA) is 84.7 Å². The Morgan fingerprint density at radius 2 is 2.29 bits per heavy atom. The van der Waals surface area contributed by atoms with Crippen LogP contribution in [0.25, 0.3) is 0 Å². The summed E-state index contributed by atoms with van der Waals surface area (Å²) in [7, 11) is 0. The molecule has 3 N–H and O–H groups in total. The summed E-state index contributed by atoms with van der Waals surface area (Å²) in [5, 5.41) is 3.45. The highest BCUT2D eigenvalue weighted by atomic mass is 35.5. The summed E-state index contributed by atoms with van der Waals surface area (Å²) in [6, 6.07) is 4.56. The minimum absolute atomic E-state index is 0.267. The monoisotopic (exact) mass is 311 g/mol. The maximum absolute atomic E-state index is 12.0. The van der Waals surface area contributed by atoms with Gasteiger partial charge in [0.25, 0.3) is 0 Å². The highest BCUT2D eigenvalue weighted by Crippen LogP contribution is 2.26. The number of nitrogens with zero attached hydrogens (tertiary/aromatic N) is 1. The van der Waals surface area contributed by atoms with Crippen LogP contribution >= 0.6 is 11.6 Å². The van der Waals surface area contributed by atoms with Crippen LogP contribution in [0.2, 0.25) is 5.02 Å². The van der Waals surface area contributed by atoms with Crippen molar-refractivity contribution >= 4 is 29.2 Å². The summed E-state index contributed by atoms with van der Waals surface area (Å²) in [6.45, 7) is 4.02. The number of anilines is 1. The van der Waals surface area contributed by atoms with E-state index in [4.69, 9.17) is 22.1 Å². The third-order valence-corrected chi connectivity index (χ3v) is 3.66. The number of benzene rings is 1. The second-order valence-electron chi connectivity index (χ2n) is 4.69. The number of nitrogens with two attached hydrogens (primary N) is 1. The van der Waals surface area contributed by atoms with Crippen molar-refractivity contribution in [2.24, 2.45) is 5.73 Å². The number of primary amides is 1. The van der Waals surface area contributed by atoms with E-state index >= 15 is 0 Å². The molecule has 0 radical (unpaired) electrons. The van der Waals surface area contributed by atoms with Crippen LogP contribution in [0.4, 0.5) is 5.69 Å². The Labute approximate surface area is 128 Å². The number of esters is 1. The van der Waals surface area contributed by atoms with Crippen molar-refractivity contribution < 1.29 is 14.3 Å². The average Bonchev–Trinajstić information content (AvgIpc) is 2.47. The van der Waals surface area contributed by atoms with Gasteiger partial charge in [0.1, 0.15) is 6.04 Å². The van der Waals surface area contributed by atoms with Crippen molar-refractivity contribution in [1.29, 1.82) is 0 Å². The van der Waals surface area contributed by atoms with Crippen molar-refractivity contribution in [3.8, 4) is 0 Å². The van der Waals surface area contributed by atoms with E-state index in [2.05, 4.69) is 5.32 Å². The van der Waals surface area contributed by atoms with Crippen LogP contribution in [0, 0.1) is 0 Å². The molecule has 1 aliphatic heterocycles. The fourth-order valence-electron chi connectivity index (χ4n) is 2.34. The number of piperazine rings is 1. The lowest BCUT2D eigenvalue weighted by atomic mass is 10.1. The SMILES string of the molecule is CCOC(=O)C1CNCCN1c1ccc(C(N)=O)c(Cl)c1. The molecule has 1 aromatic carbocycles. The van der Waals surface area contributed by atoms with Crippen molar-refractivity contribution in [3.63, 3.8) is 0 Å². The second kappa shape index (κ2) is 6.78. The number of carbonyl (C=O) groups is 2. The van der Waals surface area contributed by atoms with Gasteiger partial charge in [-0.2, -0.15) is 0 Å². The summed E-state index contributed by atoms with van der Waals surface area (Å²) in [4.78, 5) is 25.2. The highest BCUT2D eigenvalue weighted by Gasteiger charge is 2.30. The molecule has 0 saturated carbocycles. The van der Waals surface area contributed by atoms with Gasteiger partial charge in [-0.1, -0.05) is 11.6 Å². The first kappa shape index (κ1) is 15.6.